The average molecular weight is 487 g/mol. The third-order valence-electron chi connectivity index (χ3n) is 7.01. The zero-order valence-corrected chi connectivity index (χ0v) is 25.1. The normalized spacial score (nSPS) is 11.8. The van der Waals surface area contributed by atoms with E-state index in [1.165, 1.54) is 128 Å². The quantitative estimate of drug-likeness (QED) is 0.0799. The summed E-state index contributed by atoms with van der Waals surface area (Å²) in [5.41, 5.74) is 0. The van der Waals surface area contributed by atoms with Crippen molar-refractivity contribution in [1.82, 2.24) is 0 Å². The van der Waals surface area contributed by atoms with Crippen molar-refractivity contribution in [3.05, 3.63) is 0 Å². The summed E-state index contributed by atoms with van der Waals surface area (Å²) in [7, 11) is 0.706. The predicted molar refractivity (Wildman–Crippen MR) is 158 cm³/mol. The molecule has 0 spiro atoms. The van der Waals surface area contributed by atoms with E-state index in [9.17, 15) is 0 Å². The lowest BCUT2D eigenvalue weighted by molar-refractivity contribution is 0.683. The highest BCUT2D eigenvalue weighted by Crippen LogP contribution is 2.41. The number of hydrogen-bond acceptors (Lipinski definition) is 0. The molecule has 0 aliphatic rings. The van der Waals surface area contributed by atoms with Gasteiger partial charge >= 0.3 is 0 Å². The van der Waals surface area contributed by atoms with Crippen LogP contribution < -0.4 is 0 Å². The van der Waals surface area contributed by atoms with Crippen LogP contribution in [0, 0.1) is 0 Å². The van der Waals surface area contributed by atoms with Crippen molar-refractivity contribution >= 4 is 15.8 Å². The first kappa shape index (κ1) is 32.9. The molecule has 0 radical (unpaired) electrons. The standard InChI is InChI=1S/C30H64P2/c1-5-9-13-19-25-31(26-20-14-10-6-2)29-23-17-18-24-30-32(27-21-15-11-7-3)28-22-16-12-8-4/h5-30H2,1-4H3. The number of rotatable bonds is 27. The molecule has 0 N–H and O–H groups in total. The van der Waals surface area contributed by atoms with Gasteiger partial charge in [-0.15, -0.1) is 15.8 Å². The Hall–Kier alpha value is 0.860. The fourth-order valence-electron chi connectivity index (χ4n) is 4.74. The van der Waals surface area contributed by atoms with Gasteiger partial charge in [-0.1, -0.05) is 118 Å². The van der Waals surface area contributed by atoms with Gasteiger partial charge in [0.05, 0.1) is 0 Å². The molecule has 2 heteroatoms. The number of hydrogen-bond donors (Lipinski definition) is 0. The second-order valence-electron chi connectivity index (χ2n) is 10.3. The van der Waals surface area contributed by atoms with Crippen molar-refractivity contribution in [1.29, 1.82) is 0 Å². The summed E-state index contributed by atoms with van der Waals surface area (Å²) in [5, 5.41) is 0. The molecule has 0 rings (SSSR count). The largest absolute Gasteiger partial charge is 0.107 e. The summed E-state index contributed by atoms with van der Waals surface area (Å²) >= 11 is 0. The van der Waals surface area contributed by atoms with Crippen LogP contribution >= 0.6 is 15.8 Å². The maximum Gasteiger partial charge on any atom is -0.0326 e. The van der Waals surface area contributed by atoms with Gasteiger partial charge in [-0.2, -0.15) is 0 Å². The van der Waals surface area contributed by atoms with E-state index in [1.807, 2.05) is 0 Å². The third-order valence-corrected chi connectivity index (χ3v) is 12.7. The minimum absolute atomic E-state index is 0.353. The molecular formula is C30H64P2. The summed E-state index contributed by atoms with van der Waals surface area (Å²) in [6, 6.07) is 0. The van der Waals surface area contributed by atoms with Crippen LogP contribution in [0.4, 0.5) is 0 Å². The molecule has 0 saturated carbocycles. The Morgan fingerprint density at radius 3 is 0.625 bits per heavy atom. The fraction of sp³-hybridized carbons (Fsp3) is 1.00. The Morgan fingerprint density at radius 2 is 0.438 bits per heavy atom. The summed E-state index contributed by atoms with van der Waals surface area (Å²) in [5.74, 6) is 0. The summed E-state index contributed by atoms with van der Waals surface area (Å²) in [4.78, 5) is 0. The first-order chi connectivity index (χ1) is 15.8. The first-order valence-corrected chi connectivity index (χ1v) is 19.0. The molecule has 0 aliphatic carbocycles. The molecule has 0 bridgehead atoms. The minimum atomic E-state index is 0.353. The zero-order valence-electron chi connectivity index (χ0n) is 23.3. The van der Waals surface area contributed by atoms with E-state index in [1.54, 1.807) is 37.0 Å². The van der Waals surface area contributed by atoms with Crippen LogP contribution in [0.15, 0.2) is 0 Å². The lowest BCUT2D eigenvalue weighted by Crippen LogP contribution is -1.99. The Kier molecular flexibility index (Phi) is 28.9. The van der Waals surface area contributed by atoms with Crippen LogP contribution in [0.1, 0.15) is 156 Å². The van der Waals surface area contributed by atoms with Crippen LogP contribution in [0.2, 0.25) is 0 Å². The minimum Gasteiger partial charge on any atom is -0.107 e. The van der Waals surface area contributed by atoms with Crippen LogP contribution in [-0.2, 0) is 0 Å². The van der Waals surface area contributed by atoms with Crippen molar-refractivity contribution in [2.75, 3.05) is 37.0 Å². The monoisotopic (exact) mass is 486 g/mol. The van der Waals surface area contributed by atoms with Crippen molar-refractivity contribution in [2.45, 2.75) is 156 Å². The molecule has 0 heterocycles. The molecule has 0 fully saturated rings. The predicted octanol–water partition coefficient (Wildman–Crippen LogP) is 11.8. The number of unbranched alkanes of at least 4 members (excludes halogenated alkanes) is 15. The van der Waals surface area contributed by atoms with E-state index < -0.39 is 0 Å². The van der Waals surface area contributed by atoms with Gasteiger partial charge in [0, 0.05) is 0 Å². The van der Waals surface area contributed by atoms with Gasteiger partial charge in [-0.05, 0) is 75.5 Å². The molecular weight excluding hydrogens is 422 g/mol. The first-order valence-electron chi connectivity index (χ1n) is 15.2. The highest BCUT2D eigenvalue weighted by atomic mass is 31.1. The van der Waals surface area contributed by atoms with Gasteiger partial charge < -0.3 is 0 Å². The second kappa shape index (κ2) is 28.1. The van der Waals surface area contributed by atoms with E-state index in [2.05, 4.69) is 27.7 Å². The van der Waals surface area contributed by atoms with Gasteiger partial charge in [0.15, 0.2) is 0 Å². The van der Waals surface area contributed by atoms with Crippen LogP contribution in [0.5, 0.6) is 0 Å². The summed E-state index contributed by atoms with van der Waals surface area (Å²) in [6.45, 7) is 9.37. The van der Waals surface area contributed by atoms with Gasteiger partial charge in [-0.3, -0.25) is 0 Å². The highest BCUT2D eigenvalue weighted by molar-refractivity contribution is 7.57. The maximum atomic E-state index is 2.34. The molecule has 0 nitrogen and oxygen atoms in total. The topological polar surface area (TPSA) is 0 Å². The van der Waals surface area contributed by atoms with Crippen LogP contribution in [0.3, 0.4) is 0 Å². The molecule has 0 amide bonds. The molecule has 0 aromatic heterocycles. The Balaban J connectivity index is 4.04. The maximum absolute atomic E-state index is 2.34. The molecule has 0 unspecified atom stereocenters. The van der Waals surface area contributed by atoms with E-state index in [4.69, 9.17) is 0 Å². The van der Waals surface area contributed by atoms with Crippen molar-refractivity contribution in [2.24, 2.45) is 0 Å². The lowest BCUT2D eigenvalue weighted by Gasteiger charge is -2.19. The summed E-state index contributed by atoms with van der Waals surface area (Å²) < 4.78 is 0. The Labute approximate surface area is 208 Å². The van der Waals surface area contributed by atoms with Gasteiger partial charge in [0.25, 0.3) is 0 Å². The highest BCUT2D eigenvalue weighted by Gasteiger charge is 2.09. The van der Waals surface area contributed by atoms with Crippen LogP contribution in [-0.4, -0.2) is 37.0 Å². The average Bonchev–Trinajstić information content (AvgIpc) is 2.80. The van der Waals surface area contributed by atoms with Crippen LogP contribution in [0.25, 0.3) is 0 Å². The SMILES string of the molecule is CCCCCCP(CCCCCC)CCCCCCP(CCCCCC)CCCCCC. The molecule has 0 saturated heterocycles. The van der Waals surface area contributed by atoms with Gasteiger partial charge in [0.2, 0.25) is 0 Å². The molecule has 32 heavy (non-hydrogen) atoms. The fourth-order valence-corrected chi connectivity index (χ4v) is 10.1. The molecule has 0 aromatic rings. The third kappa shape index (κ3) is 24.0. The Bertz CT molecular complexity index is 275. The van der Waals surface area contributed by atoms with E-state index in [0.29, 0.717) is 15.8 Å². The van der Waals surface area contributed by atoms with Crippen molar-refractivity contribution in [3.8, 4) is 0 Å². The summed E-state index contributed by atoms with van der Waals surface area (Å²) in [6.07, 6.45) is 39.1. The lowest BCUT2D eigenvalue weighted by atomic mass is 10.2. The Morgan fingerprint density at radius 1 is 0.250 bits per heavy atom. The van der Waals surface area contributed by atoms with E-state index in [-0.39, 0.29) is 0 Å². The molecule has 0 aliphatic heterocycles. The molecule has 0 atom stereocenters. The molecule has 0 aromatic carbocycles. The second-order valence-corrected chi connectivity index (χ2v) is 15.7. The molecule has 194 valence electrons. The van der Waals surface area contributed by atoms with Gasteiger partial charge in [0.1, 0.15) is 0 Å². The van der Waals surface area contributed by atoms with E-state index >= 15 is 0 Å². The van der Waals surface area contributed by atoms with E-state index in [0.717, 1.165) is 0 Å². The zero-order chi connectivity index (χ0) is 23.5. The smallest absolute Gasteiger partial charge is 0.0326 e. The van der Waals surface area contributed by atoms with Gasteiger partial charge in [-0.25, -0.2) is 0 Å². The van der Waals surface area contributed by atoms with Crippen molar-refractivity contribution in [3.63, 3.8) is 0 Å². The van der Waals surface area contributed by atoms with Crippen molar-refractivity contribution < 1.29 is 0 Å².